The van der Waals surface area contributed by atoms with E-state index in [1.54, 1.807) is 17.9 Å². The van der Waals surface area contributed by atoms with Gasteiger partial charge in [-0.05, 0) is 76.4 Å². The maximum atomic E-state index is 13.7. The van der Waals surface area contributed by atoms with Crippen LogP contribution in [0.25, 0.3) is 10.2 Å². The Bertz CT molecular complexity index is 1430. The second-order valence-corrected chi connectivity index (χ2v) is 12.3. The van der Waals surface area contributed by atoms with Crippen molar-refractivity contribution in [2.45, 2.75) is 18.2 Å². The van der Waals surface area contributed by atoms with Crippen LogP contribution in [0.15, 0.2) is 47.4 Å². The van der Waals surface area contributed by atoms with Crippen molar-refractivity contribution in [1.82, 2.24) is 19.1 Å². The number of amides is 2. The normalized spacial score (nSPS) is 14.3. The minimum absolute atomic E-state index is 0. The molecular formula is C26H33ClFN5O5S2. The molecule has 0 spiro atoms. The van der Waals surface area contributed by atoms with E-state index in [9.17, 15) is 22.4 Å². The Morgan fingerprint density at radius 1 is 1.05 bits per heavy atom. The average Bonchev–Trinajstić information content (AvgIpc) is 3.33. The van der Waals surface area contributed by atoms with E-state index in [0.29, 0.717) is 33.9 Å². The van der Waals surface area contributed by atoms with Gasteiger partial charge in [0.15, 0.2) is 5.13 Å². The van der Waals surface area contributed by atoms with E-state index >= 15 is 0 Å². The highest BCUT2D eigenvalue weighted by atomic mass is 35.5. The first-order chi connectivity index (χ1) is 18.6. The van der Waals surface area contributed by atoms with Gasteiger partial charge in [0.1, 0.15) is 5.82 Å². The maximum Gasteiger partial charge on any atom is 0.409 e. The molecule has 0 unspecified atom stereocenters. The van der Waals surface area contributed by atoms with Crippen LogP contribution < -0.4 is 4.90 Å². The molecule has 0 radical (unpaired) electrons. The van der Waals surface area contributed by atoms with Crippen molar-refractivity contribution >= 4 is 61.1 Å². The smallest absolute Gasteiger partial charge is 0.409 e. The van der Waals surface area contributed by atoms with Crippen LogP contribution in [-0.4, -0.2) is 99.5 Å². The van der Waals surface area contributed by atoms with Crippen LogP contribution in [0, 0.1) is 5.82 Å². The minimum Gasteiger partial charge on any atom is -0.450 e. The van der Waals surface area contributed by atoms with Crippen molar-refractivity contribution in [3.63, 3.8) is 0 Å². The highest BCUT2D eigenvalue weighted by Gasteiger charge is 2.31. The summed E-state index contributed by atoms with van der Waals surface area (Å²) in [6.07, 6.45) is 0.235. The number of carbonyl (C=O) groups is 2. The first-order valence-corrected chi connectivity index (χ1v) is 14.9. The zero-order valence-electron chi connectivity index (χ0n) is 22.6. The van der Waals surface area contributed by atoms with E-state index in [4.69, 9.17) is 4.74 Å². The molecule has 1 aliphatic heterocycles. The van der Waals surface area contributed by atoms with Gasteiger partial charge in [0.2, 0.25) is 10.0 Å². The molecule has 2 amide bonds. The molecule has 1 saturated heterocycles. The van der Waals surface area contributed by atoms with Gasteiger partial charge in [-0.3, -0.25) is 9.69 Å². The Labute approximate surface area is 243 Å². The number of halogens is 2. The Balaban J connectivity index is 0.00000441. The minimum atomic E-state index is -3.81. The van der Waals surface area contributed by atoms with Crippen molar-refractivity contribution < 1.29 is 27.1 Å². The molecule has 3 aromatic rings. The Morgan fingerprint density at radius 3 is 2.35 bits per heavy atom. The standard InChI is InChI=1S/C26H32FN5O5S2.ClH/c1-4-37-26(34)30-14-16-31(17-15-30)39(35,36)21-9-6-19(7-10-21)24(33)32(13-5-12-29(2)3)25-28-22-11-8-20(27)18-23(22)38-25;/h6-11,18H,4-5,12-17H2,1-3H3;1H. The molecule has 0 atom stereocenters. The Hall–Kier alpha value is -2.84. The van der Waals surface area contributed by atoms with E-state index in [1.165, 1.54) is 56.9 Å². The van der Waals surface area contributed by atoms with Gasteiger partial charge in [0.05, 0.1) is 21.7 Å². The quantitative estimate of drug-likeness (QED) is 0.360. The zero-order chi connectivity index (χ0) is 28.2. The molecule has 1 aliphatic rings. The van der Waals surface area contributed by atoms with Gasteiger partial charge < -0.3 is 14.5 Å². The number of benzene rings is 2. The fourth-order valence-corrected chi connectivity index (χ4v) is 6.67. The lowest BCUT2D eigenvalue weighted by molar-refractivity contribution is 0.0933. The number of hydrogen-bond donors (Lipinski definition) is 0. The second kappa shape index (κ2) is 13.7. The number of nitrogens with zero attached hydrogens (tertiary/aromatic N) is 5. The van der Waals surface area contributed by atoms with Gasteiger partial charge in [-0.1, -0.05) is 11.3 Å². The molecule has 1 fully saturated rings. The predicted octanol–water partition coefficient (Wildman–Crippen LogP) is 3.92. The van der Waals surface area contributed by atoms with Crippen molar-refractivity contribution in [2.75, 3.05) is 64.9 Å². The zero-order valence-corrected chi connectivity index (χ0v) is 25.0. The number of hydrogen-bond acceptors (Lipinski definition) is 8. The van der Waals surface area contributed by atoms with Gasteiger partial charge in [-0.15, -0.1) is 12.4 Å². The fraction of sp³-hybridized carbons (Fsp3) is 0.423. The molecular weight excluding hydrogens is 581 g/mol. The molecule has 0 N–H and O–H groups in total. The molecule has 0 bridgehead atoms. The van der Waals surface area contributed by atoms with Crippen LogP contribution >= 0.6 is 23.7 Å². The highest BCUT2D eigenvalue weighted by molar-refractivity contribution is 7.89. The second-order valence-electron chi connectivity index (χ2n) is 9.34. The van der Waals surface area contributed by atoms with E-state index in [0.717, 1.165) is 6.54 Å². The van der Waals surface area contributed by atoms with E-state index in [2.05, 4.69) is 4.98 Å². The number of fused-ring (bicyclic) bond motifs is 1. The first kappa shape index (κ1) is 31.7. The topological polar surface area (TPSA) is 103 Å². The third-order valence-corrected chi connectivity index (χ3v) is 9.26. The summed E-state index contributed by atoms with van der Waals surface area (Å²) in [5.41, 5.74) is 0.919. The SMILES string of the molecule is CCOC(=O)N1CCN(S(=O)(=O)c2ccc(C(=O)N(CCCN(C)C)c3nc4ccc(F)cc4s3)cc2)CC1.Cl. The van der Waals surface area contributed by atoms with Crippen LogP contribution in [0.1, 0.15) is 23.7 Å². The average molecular weight is 614 g/mol. The number of sulfonamides is 1. The lowest BCUT2D eigenvalue weighted by atomic mass is 10.2. The highest BCUT2D eigenvalue weighted by Crippen LogP contribution is 2.31. The Morgan fingerprint density at radius 2 is 1.73 bits per heavy atom. The molecule has 0 aliphatic carbocycles. The van der Waals surface area contributed by atoms with Gasteiger partial charge in [-0.25, -0.2) is 22.6 Å². The van der Waals surface area contributed by atoms with Gasteiger partial charge in [0, 0.05) is 38.3 Å². The summed E-state index contributed by atoms with van der Waals surface area (Å²) >= 11 is 1.23. The molecule has 0 saturated carbocycles. The van der Waals surface area contributed by atoms with E-state index in [1.807, 2.05) is 19.0 Å². The third-order valence-electron chi connectivity index (χ3n) is 6.31. The lowest BCUT2D eigenvalue weighted by Gasteiger charge is -2.33. The Kier molecular flexibility index (Phi) is 10.8. The third kappa shape index (κ3) is 7.26. The van der Waals surface area contributed by atoms with Gasteiger partial charge >= 0.3 is 6.09 Å². The molecule has 1 aromatic heterocycles. The van der Waals surface area contributed by atoms with Crippen molar-refractivity contribution in [2.24, 2.45) is 0 Å². The summed E-state index contributed by atoms with van der Waals surface area (Å²) in [5.74, 6) is -0.692. The van der Waals surface area contributed by atoms with Crippen LogP contribution in [0.5, 0.6) is 0 Å². The van der Waals surface area contributed by atoms with Crippen molar-refractivity contribution in [1.29, 1.82) is 0 Å². The summed E-state index contributed by atoms with van der Waals surface area (Å²) in [6.45, 7) is 3.90. The molecule has 2 heterocycles. The summed E-state index contributed by atoms with van der Waals surface area (Å²) in [6, 6.07) is 10.1. The number of ether oxygens (including phenoxy) is 1. The van der Waals surface area contributed by atoms with Crippen LogP contribution in [0.4, 0.5) is 14.3 Å². The van der Waals surface area contributed by atoms with Crippen molar-refractivity contribution in [3.05, 3.63) is 53.8 Å². The summed E-state index contributed by atoms with van der Waals surface area (Å²) in [7, 11) is 0.0887. The van der Waals surface area contributed by atoms with Crippen LogP contribution in [0.3, 0.4) is 0 Å². The largest absolute Gasteiger partial charge is 0.450 e. The lowest BCUT2D eigenvalue weighted by Crippen LogP contribution is -2.50. The predicted molar refractivity (Wildman–Crippen MR) is 155 cm³/mol. The fourth-order valence-electron chi connectivity index (χ4n) is 4.23. The first-order valence-electron chi connectivity index (χ1n) is 12.6. The van der Waals surface area contributed by atoms with Gasteiger partial charge in [0.25, 0.3) is 5.91 Å². The number of rotatable bonds is 9. The van der Waals surface area contributed by atoms with Crippen LogP contribution in [-0.2, 0) is 14.8 Å². The number of anilines is 1. The summed E-state index contributed by atoms with van der Waals surface area (Å²) in [5, 5.41) is 0.454. The number of piperazine rings is 1. The van der Waals surface area contributed by atoms with Crippen molar-refractivity contribution in [3.8, 4) is 0 Å². The number of thiazole rings is 1. The summed E-state index contributed by atoms with van der Waals surface area (Å²) < 4.78 is 47.1. The maximum absolute atomic E-state index is 13.7. The summed E-state index contributed by atoms with van der Waals surface area (Å²) in [4.78, 5) is 35.2. The van der Waals surface area contributed by atoms with Crippen LogP contribution in [0.2, 0.25) is 0 Å². The molecule has 218 valence electrons. The molecule has 40 heavy (non-hydrogen) atoms. The molecule has 4 rings (SSSR count). The molecule has 2 aromatic carbocycles. The van der Waals surface area contributed by atoms with E-state index < -0.39 is 16.1 Å². The van der Waals surface area contributed by atoms with Gasteiger partial charge in [-0.2, -0.15) is 4.31 Å². The van der Waals surface area contributed by atoms with E-state index in [-0.39, 0.29) is 61.8 Å². The molecule has 14 heteroatoms. The monoisotopic (exact) mass is 613 g/mol. The number of carbonyl (C=O) groups excluding carboxylic acids is 2. The number of aromatic nitrogens is 1. The molecule has 10 nitrogen and oxygen atoms in total.